The molecule has 2 rings (SSSR count). The van der Waals surface area contributed by atoms with Crippen molar-refractivity contribution in [1.82, 2.24) is 8.61 Å². The fraction of sp³-hybridized carbons (Fsp3) is 0.917. The highest BCUT2D eigenvalue weighted by Gasteiger charge is 2.57. The van der Waals surface area contributed by atoms with Gasteiger partial charge in [0.05, 0.1) is 5.41 Å². The molecule has 1 heterocycles. The van der Waals surface area contributed by atoms with E-state index in [-0.39, 0.29) is 12.5 Å². The van der Waals surface area contributed by atoms with E-state index in [9.17, 15) is 18.3 Å². The topological polar surface area (TPSA) is 77.9 Å². The van der Waals surface area contributed by atoms with Crippen LogP contribution in [0.25, 0.3) is 0 Å². The molecule has 0 aromatic rings. The molecule has 1 saturated carbocycles. The number of carbonyl (C=O) groups is 1. The summed E-state index contributed by atoms with van der Waals surface area (Å²) in [5.41, 5.74) is -0.847. The first-order valence-corrected chi connectivity index (χ1v) is 8.26. The number of carboxylic acids is 1. The molecule has 0 aromatic carbocycles. The summed E-state index contributed by atoms with van der Waals surface area (Å²) in [6.07, 6.45) is 2.30. The molecule has 6 nitrogen and oxygen atoms in total. The minimum atomic E-state index is -3.51. The van der Waals surface area contributed by atoms with Crippen molar-refractivity contribution in [3.8, 4) is 0 Å². The predicted molar refractivity (Wildman–Crippen MR) is 70.8 cm³/mol. The van der Waals surface area contributed by atoms with Crippen molar-refractivity contribution in [2.75, 3.05) is 26.2 Å². The van der Waals surface area contributed by atoms with Crippen molar-refractivity contribution in [3.63, 3.8) is 0 Å². The maximum Gasteiger partial charge on any atom is 0.311 e. The number of fused-ring (bicyclic) bond motifs is 1. The largest absolute Gasteiger partial charge is 0.481 e. The predicted octanol–water partition coefficient (Wildman–Crippen LogP) is 0.760. The highest BCUT2D eigenvalue weighted by Crippen LogP contribution is 2.49. The summed E-state index contributed by atoms with van der Waals surface area (Å²) in [7, 11) is -3.51. The van der Waals surface area contributed by atoms with E-state index in [0.29, 0.717) is 26.1 Å². The average molecular weight is 290 g/mol. The van der Waals surface area contributed by atoms with Crippen LogP contribution in [-0.4, -0.2) is 54.3 Å². The van der Waals surface area contributed by atoms with Crippen LogP contribution in [0.2, 0.25) is 0 Å². The molecule has 1 aliphatic carbocycles. The van der Waals surface area contributed by atoms with Crippen molar-refractivity contribution >= 4 is 16.2 Å². The quantitative estimate of drug-likeness (QED) is 0.811. The van der Waals surface area contributed by atoms with Crippen LogP contribution in [0.1, 0.15) is 33.1 Å². The van der Waals surface area contributed by atoms with Gasteiger partial charge < -0.3 is 5.11 Å². The van der Waals surface area contributed by atoms with Crippen LogP contribution in [0.3, 0.4) is 0 Å². The van der Waals surface area contributed by atoms with Crippen LogP contribution in [0, 0.1) is 11.3 Å². The van der Waals surface area contributed by atoms with Crippen molar-refractivity contribution in [3.05, 3.63) is 0 Å². The Kier molecular flexibility index (Phi) is 3.90. The SMILES string of the molecule is CCN(CC)S(=O)(=O)N1C[C@@H]2CCC[C@@]2(C(=O)O)C1. The Morgan fingerprint density at radius 3 is 2.53 bits per heavy atom. The second-order valence-corrected chi connectivity index (χ2v) is 7.36. The summed E-state index contributed by atoms with van der Waals surface area (Å²) in [5, 5.41) is 9.48. The fourth-order valence-corrected chi connectivity index (χ4v) is 5.22. The summed E-state index contributed by atoms with van der Waals surface area (Å²) in [6.45, 7) is 4.91. The lowest BCUT2D eigenvalue weighted by molar-refractivity contribution is -0.149. The van der Waals surface area contributed by atoms with E-state index in [2.05, 4.69) is 0 Å². The first-order chi connectivity index (χ1) is 8.88. The number of hydrogen-bond acceptors (Lipinski definition) is 3. The van der Waals surface area contributed by atoms with E-state index in [1.54, 1.807) is 13.8 Å². The van der Waals surface area contributed by atoms with E-state index >= 15 is 0 Å². The molecule has 0 amide bonds. The average Bonchev–Trinajstić information content (AvgIpc) is 2.86. The zero-order valence-electron chi connectivity index (χ0n) is 11.5. The Balaban J connectivity index is 2.25. The Bertz CT molecular complexity index is 460. The third-order valence-electron chi connectivity index (χ3n) is 4.62. The smallest absolute Gasteiger partial charge is 0.311 e. The summed E-state index contributed by atoms with van der Waals surface area (Å²) in [4.78, 5) is 11.6. The van der Waals surface area contributed by atoms with Gasteiger partial charge in [-0.1, -0.05) is 20.3 Å². The maximum absolute atomic E-state index is 12.4. The second-order valence-electron chi connectivity index (χ2n) is 5.44. The molecule has 1 saturated heterocycles. The Hall–Kier alpha value is -0.660. The highest BCUT2D eigenvalue weighted by atomic mass is 32.2. The normalized spacial score (nSPS) is 31.8. The molecule has 0 bridgehead atoms. The van der Waals surface area contributed by atoms with Crippen molar-refractivity contribution in [2.45, 2.75) is 33.1 Å². The zero-order valence-corrected chi connectivity index (χ0v) is 12.3. The Morgan fingerprint density at radius 2 is 2.05 bits per heavy atom. The standard InChI is InChI=1S/C12H22N2O4S/c1-3-13(4-2)19(17,18)14-8-10-6-5-7-12(10,9-14)11(15)16/h10H,3-9H2,1-2H3,(H,15,16)/t10-,12+/m0/s1. The number of rotatable bonds is 5. The lowest BCUT2D eigenvalue weighted by Gasteiger charge is -2.27. The molecule has 7 heteroatoms. The molecule has 0 aromatic heterocycles. The lowest BCUT2D eigenvalue weighted by atomic mass is 9.81. The van der Waals surface area contributed by atoms with Crippen LogP contribution >= 0.6 is 0 Å². The van der Waals surface area contributed by atoms with Crippen LogP contribution < -0.4 is 0 Å². The van der Waals surface area contributed by atoms with E-state index in [1.165, 1.54) is 8.61 Å². The van der Waals surface area contributed by atoms with Gasteiger partial charge in [-0.3, -0.25) is 4.79 Å². The van der Waals surface area contributed by atoms with Gasteiger partial charge >= 0.3 is 5.97 Å². The van der Waals surface area contributed by atoms with E-state index in [0.717, 1.165) is 12.8 Å². The lowest BCUT2D eigenvalue weighted by Crippen LogP contribution is -2.44. The summed E-state index contributed by atoms with van der Waals surface area (Å²) >= 11 is 0. The van der Waals surface area contributed by atoms with Gasteiger partial charge in [0.1, 0.15) is 0 Å². The summed E-state index contributed by atoms with van der Waals surface area (Å²) < 4.78 is 27.7. The van der Waals surface area contributed by atoms with Crippen LogP contribution in [0.15, 0.2) is 0 Å². The molecule has 0 spiro atoms. The summed E-state index contributed by atoms with van der Waals surface area (Å²) in [6, 6.07) is 0. The summed E-state index contributed by atoms with van der Waals surface area (Å²) in [5.74, 6) is -0.873. The number of nitrogens with zero attached hydrogens (tertiary/aromatic N) is 2. The number of aliphatic carboxylic acids is 1. The monoisotopic (exact) mass is 290 g/mol. The number of hydrogen-bond donors (Lipinski definition) is 1. The fourth-order valence-electron chi connectivity index (χ4n) is 3.48. The minimum Gasteiger partial charge on any atom is -0.481 e. The molecule has 19 heavy (non-hydrogen) atoms. The number of carboxylic acid groups (broad SMARTS) is 1. The van der Waals surface area contributed by atoms with Crippen LogP contribution in [-0.2, 0) is 15.0 Å². The molecule has 2 atom stereocenters. The van der Waals surface area contributed by atoms with Gasteiger partial charge in [-0.2, -0.15) is 17.0 Å². The first kappa shape index (κ1) is 14.7. The third-order valence-corrected chi connectivity index (χ3v) is 6.72. The first-order valence-electron chi connectivity index (χ1n) is 6.87. The molecular weight excluding hydrogens is 268 g/mol. The van der Waals surface area contributed by atoms with Gasteiger partial charge in [0.2, 0.25) is 0 Å². The molecule has 0 radical (unpaired) electrons. The van der Waals surface area contributed by atoms with Gasteiger partial charge in [0.25, 0.3) is 10.2 Å². The van der Waals surface area contributed by atoms with Crippen LogP contribution in [0.5, 0.6) is 0 Å². The minimum absolute atomic E-state index is 0.0321. The maximum atomic E-state index is 12.4. The molecule has 1 aliphatic heterocycles. The second kappa shape index (κ2) is 5.03. The van der Waals surface area contributed by atoms with Crippen LogP contribution in [0.4, 0.5) is 0 Å². The van der Waals surface area contributed by atoms with Crippen molar-refractivity contribution in [2.24, 2.45) is 11.3 Å². The molecule has 1 N–H and O–H groups in total. The molecule has 2 aliphatic rings. The van der Waals surface area contributed by atoms with Gasteiger partial charge in [-0.25, -0.2) is 0 Å². The van der Waals surface area contributed by atoms with E-state index in [4.69, 9.17) is 0 Å². The van der Waals surface area contributed by atoms with Crippen molar-refractivity contribution in [1.29, 1.82) is 0 Å². The van der Waals surface area contributed by atoms with Gasteiger partial charge in [0.15, 0.2) is 0 Å². The van der Waals surface area contributed by atoms with Gasteiger partial charge in [-0.15, -0.1) is 0 Å². The zero-order chi connectivity index (χ0) is 14.3. The molecular formula is C12H22N2O4S. The van der Waals surface area contributed by atoms with E-state index < -0.39 is 21.6 Å². The molecule has 0 unspecified atom stereocenters. The van der Waals surface area contributed by atoms with Gasteiger partial charge in [-0.05, 0) is 18.8 Å². The highest BCUT2D eigenvalue weighted by molar-refractivity contribution is 7.86. The Morgan fingerprint density at radius 1 is 1.42 bits per heavy atom. The molecule has 110 valence electrons. The van der Waals surface area contributed by atoms with Gasteiger partial charge in [0, 0.05) is 26.2 Å². The Labute approximate surface area is 114 Å². The van der Waals surface area contributed by atoms with E-state index in [1.807, 2.05) is 0 Å². The van der Waals surface area contributed by atoms with Crippen molar-refractivity contribution < 1.29 is 18.3 Å². The third kappa shape index (κ3) is 2.17. The molecule has 2 fully saturated rings.